The van der Waals surface area contributed by atoms with Gasteiger partial charge in [0.25, 0.3) is 5.91 Å². The van der Waals surface area contributed by atoms with Crippen molar-refractivity contribution in [2.24, 2.45) is 0 Å². The van der Waals surface area contributed by atoms with Crippen LogP contribution in [0.5, 0.6) is 0 Å². The molecule has 0 aromatic carbocycles. The number of piperidine rings is 1. The molecule has 0 atom stereocenters. The monoisotopic (exact) mass is 263 g/mol. The number of likely N-dealkylation sites (tertiary alicyclic amines) is 1. The van der Waals surface area contributed by atoms with E-state index in [1.54, 1.807) is 29.4 Å². The molecule has 5 nitrogen and oxygen atoms in total. The van der Waals surface area contributed by atoms with Gasteiger partial charge in [0.15, 0.2) is 0 Å². The van der Waals surface area contributed by atoms with Crippen LogP contribution in [0.25, 0.3) is 0 Å². The van der Waals surface area contributed by atoms with E-state index in [1.165, 1.54) is 0 Å². The minimum Gasteiger partial charge on any atom is -0.388 e. The van der Waals surface area contributed by atoms with Gasteiger partial charge in [-0.2, -0.15) is 0 Å². The highest BCUT2D eigenvalue weighted by Gasteiger charge is 2.33. The third-order valence-corrected chi connectivity index (χ3v) is 3.59. The van der Waals surface area contributed by atoms with E-state index in [-0.39, 0.29) is 5.91 Å². The summed E-state index contributed by atoms with van der Waals surface area (Å²) in [6.45, 7) is 4.65. The maximum Gasteiger partial charge on any atom is 0.255 e. The topological polar surface area (TPSA) is 65.5 Å². The predicted octanol–water partition coefficient (Wildman–Crippen LogP) is 0.658. The van der Waals surface area contributed by atoms with E-state index in [9.17, 15) is 9.90 Å². The van der Waals surface area contributed by atoms with Gasteiger partial charge >= 0.3 is 0 Å². The Kier molecular flexibility index (Phi) is 4.50. The Morgan fingerprint density at radius 2 is 2.26 bits per heavy atom. The molecule has 1 aromatic rings. The van der Waals surface area contributed by atoms with Crippen LogP contribution in [0.1, 0.15) is 30.1 Å². The average molecular weight is 263 g/mol. The Morgan fingerprint density at radius 1 is 1.53 bits per heavy atom. The third-order valence-electron chi connectivity index (χ3n) is 3.59. The summed E-state index contributed by atoms with van der Waals surface area (Å²) < 4.78 is 0. The summed E-state index contributed by atoms with van der Waals surface area (Å²) in [6.07, 6.45) is 4.47. The number of nitrogens with one attached hydrogen (secondary N) is 1. The molecule has 0 aliphatic carbocycles. The lowest BCUT2D eigenvalue weighted by molar-refractivity contribution is -0.0152. The molecule has 0 unspecified atom stereocenters. The first-order chi connectivity index (χ1) is 9.14. The Balaban J connectivity index is 1.91. The molecule has 5 heteroatoms. The molecule has 1 fully saturated rings. The molecule has 1 amide bonds. The number of carbonyl (C=O) groups excluding carboxylic acids is 1. The van der Waals surface area contributed by atoms with Gasteiger partial charge in [0.05, 0.1) is 11.2 Å². The van der Waals surface area contributed by atoms with E-state index in [0.717, 1.165) is 6.54 Å². The number of aliphatic hydroxyl groups is 1. The van der Waals surface area contributed by atoms with Crippen molar-refractivity contribution in [1.29, 1.82) is 0 Å². The van der Waals surface area contributed by atoms with E-state index in [4.69, 9.17) is 0 Å². The summed E-state index contributed by atoms with van der Waals surface area (Å²) in [5.41, 5.74) is -0.0681. The SMILES string of the molecule is CCNCC1(O)CCN(C(=O)c2cccnc2)CC1. The number of rotatable bonds is 4. The van der Waals surface area contributed by atoms with Gasteiger partial charge in [-0.15, -0.1) is 0 Å². The summed E-state index contributed by atoms with van der Waals surface area (Å²) in [5, 5.41) is 13.5. The number of likely N-dealkylation sites (N-methyl/N-ethyl adjacent to an activating group) is 1. The summed E-state index contributed by atoms with van der Waals surface area (Å²) in [5.74, 6) is -0.00130. The highest BCUT2D eigenvalue weighted by molar-refractivity contribution is 5.93. The molecule has 1 aromatic heterocycles. The molecule has 2 heterocycles. The van der Waals surface area contributed by atoms with Crippen LogP contribution in [0.3, 0.4) is 0 Å². The van der Waals surface area contributed by atoms with Gasteiger partial charge in [0.1, 0.15) is 0 Å². The molecule has 0 saturated carbocycles. The molecule has 2 rings (SSSR count). The molecule has 1 aliphatic rings. The Morgan fingerprint density at radius 3 is 2.84 bits per heavy atom. The molecule has 0 radical (unpaired) electrons. The van der Waals surface area contributed by atoms with Crippen molar-refractivity contribution in [3.63, 3.8) is 0 Å². The van der Waals surface area contributed by atoms with Gasteiger partial charge in [-0.05, 0) is 31.5 Å². The van der Waals surface area contributed by atoms with E-state index in [2.05, 4.69) is 10.3 Å². The van der Waals surface area contributed by atoms with E-state index in [0.29, 0.717) is 38.0 Å². The third kappa shape index (κ3) is 3.52. The molecule has 104 valence electrons. The number of nitrogens with zero attached hydrogens (tertiary/aromatic N) is 2. The molecule has 2 N–H and O–H groups in total. The molecule has 19 heavy (non-hydrogen) atoms. The van der Waals surface area contributed by atoms with Crippen molar-refractivity contribution < 1.29 is 9.90 Å². The molecular formula is C14H21N3O2. The van der Waals surface area contributed by atoms with E-state index in [1.807, 2.05) is 6.92 Å². The fourth-order valence-electron chi connectivity index (χ4n) is 2.33. The first-order valence-corrected chi connectivity index (χ1v) is 6.77. The van der Waals surface area contributed by atoms with Gasteiger partial charge in [0.2, 0.25) is 0 Å². The number of pyridine rings is 1. The van der Waals surface area contributed by atoms with Gasteiger partial charge in [-0.25, -0.2) is 0 Å². The minimum absolute atomic E-state index is 0.00130. The lowest BCUT2D eigenvalue weighted by Gasteiger charge is -2.38. The number of amides is 1. The number of aromatic nitrogens is 1. The molecular weight excluding hydrogens is 242 g/mol. The quantitative estimate of drug-likeness (QED) is 0.837. The van der Waals surface area contributed by atoms with Crippen molar-refractivity contribution in [3.05, 3.63) is 30.1 Å². The van der Waals surface area contributed by atoms with Crippen LogP contribution in [0.15, 0.2) is 24.5 Å². The largest absolute Gasteiger partial charge is 0.388 e. The zero-order chi connectivity index (χ0) is 13.7. The van der Waals surface area contributed by atoms with Crippen molar-refractivity contribution in [2.45, 2.75) is 25.4 Å². The smallest absolute Gasteiger partial charge is 0.255 e. The number of carbonyl (C=O) groups is 1. The van der Waals surface area contributed by atoms with Crippen LogP contribution in [-0.4, -0.2) is 52.7 Å². The van der Waals surface area contributed by atoms with E-state index < -0.39 is 5.60 Å². The second-order valence-corrected chi connectivity index (χ2v) is 5.04. The van der Waals surface area contributed by atoms with Gasteiger partial charge in [0, 0.05) is 32.0 Å². The number of hydrogen-bond acceptors (Lipinski definition) is 4. The number of hydrogen-bond donors (Lipinski definition) is 2. The summed E-state index contributed by atoms with van der Waals surface area (Å²) in [6, 6.07) is 3.54. The van der Waals surface area contributed by atoms with E-state index >= 15 is 0 Å². The highest BCUT2D eigenvalue weighted by atomic mass is 16.3. The summed E-state index contributed by atoms with van der Waals surface area (Å²) in [4.78, 5) is 18.0. The standard InChI is InChI=1S/C14H21N3O2/c1-2-15-11-14(19)5-8-17(9-6-14)13(18)12-4-3-7-16-10-12/h3-4,7,10,15,19H,2,5-6,8-9,11H2,1H3. The van der Waals surface area contributed by atoms with Gasteiger partial charge in [-0.1, -0.05) is 6.92 Å². The lowest BCUT2D eigenvalue weighted by Crippen LogP contribution is -2.51. The second kappa shape index (κ2) is 6.12. The Hall–Kier alpha value is -1.46. The average Bonchev–Trinajstić information content (AvgIpc) is 2.46. The minimum atomic E-state index is -0.679. The van der Waals surface area contributed by atoms with Crippen LogP contribution >= 0.6 is 0 Å². The van der Waals surface area contributed by atoms with Gasteiger partial charge in [-0.3, -0.25) is 9.78 Å². The first kappa shape index (κ1) is 14.0. The van der Waals surface area contributed by atoms with Crippen LogP contribution in [0.4, 0.5) is 0 Å². The maximum atomic E-state index is 12.2. The Labute approximate surface area is 113 Å². The lowest BCUT2D eigenvalue weighted by atomic mass is 9.91. The van der Waals surface area contributed by atoms with Crippen LogP contribution < -0.4 is 5.32 Å². The molecule has 0 bridgehead atoms. The maximum absolute atomic E-state index is 12.2. The molecule has 1 aliphatic heterocycles. The van der Waals surface area contributed by atoms with Crippen molar-refractivity contribution in [3.8, 4) is 0 Å². The van der Waals surface area contributed by atoms with Crippen LogP contribution in [-0.2, 0) is 0 Å². The molecule has 1 saturated heterocycles. The zero-order valence-electron chi connectivity index (χ0n) is 11.3. The first-order valence-electron chi connectivity index (χ1n) is 6.77. The second-order valence-electron chi connectivity index (χ2n) is 5.04. The summed E-state index contributed by atoms with van der Waals surface area (Å²) >= 11 is 0. The predicted molar refractivity (Wildman–Crippen MR) is 72.9 cm³/mol. The Bertz CT molecular complexity index is 414. The fourth-order valence-corrected chi connectivity index (χ4v) is 2.33. The molecule has 0 spiro atoms. The van der Waals surface area contributed by atoms with Crippen molar-refractivity contribution in [2.75, 3.05) is 26.2 Å². The highest BCUT2D eigenvalue weighted by Crippen LogP contribution is 2.22. The normalized spacial score (nSPS) is 18.3. The van der Waals surface area contributed by atoms with Crippen molar-refractivity contribution in [1.82, 2.24) is 15.2 Å². The van der Waals surface area contributed by atoms with Crippen molar-refractivity contribution >= 4 is 5.91 Å². The van der Waals surface area contributed by atoms with Gasteiger partial charge < -0.3 is 15.3 Å². The fraction of sp³-hybridized carbons (Fsp3) is 0.571. The van der Waals surface area contributed by atoms with Crippen LogP contribution in [0.2, 0.25) is 0 Å². The van der Waals surface area contributed by atoms with Crippen LogP contribution in [0, 0.1) is 0 Å². The summed E-state index contributed by atoms with van der Waals surface area (Å²) in [7, 11) is 0. The zero-order valence-corrected chi connectivity index (χ0v) is 11.3.